The third kappa shape index (κ3) is 4.53. The van der Waals surface area contributed by atoms with Gasteiger partial charge in [0.05, 0.1) is 6.04 Å². The van der Waals surface area contributed by atoms with Crippen LogP contribution in [0.3, 0.4) is 0 Å². The number of carbonyl (C=O) groups excluding carboxylic acids is 1. The van der Waals surface area contributed by atoms with Crippen LogP contribution >= 0.6 is 0 Å². The van der Waals surface area contributed by atoms with E-state index in [9.17, 15) is 4.79 Å². The number of amides is 1. The predicted molar refractivity (Wildman–Crippen MR) is 107 cm³/mol. The molecular weight excluding hydrogens is 338 g/mol. The Morgan fingerprint density at radius 2 is 1.78 bits per heavy atom. The minimum Gasteiger partial charge on any atom is -0.381 e. The maximum absolute atomic E-state index is 13.1. The molecule has 0 aliphatic carbocycles. The van der Waals surface area contributed by atoms with Crippen molar-refractivity contribution in [2.24, 2.45) is 5.92 Å². The maximum Gasteiger partial charge on any atom is 0.239 e. The minimum absolute atomic E-state index is 0.0274. The second-order valence-electron chi connectivity index (χ2n) is 8.35. The Morgan fingerprint density at radius 1 is 1.07 bits per heavy atom. The van der Waals surface area contributed by atoms with Crippen LogP contribution in [0.4, 0.5) is 0 Å². The zero-order chi connectivity index (χ0) is 18.6. The maximum atomic E-state index is 13.1. The Morgan fingerprint density at radius 3 is 2.52 bits per heavy atom. The summed E-state index contributed by atoms with van der Waals surface area (Å²) in [6, 6.07) is 8.61. The van der Waals surface area contributed by atoms with E-state index in [-0.39, 0.29) is 6.04 Å². The molecule has 148 valence electrons. The quantitative estimate of drug-likeness (QED) is 0.811. The molecule has 5 heteroatoms. The van der Waals surface area contributed by atoms with E-state index in [1.54, 1.807) is 0 Å². The lowest BCUT2D eigenvalue weighted by atomic mass is 9.98. The number of nitrogens with zero attached hydrogens (tertiary/aromatic N) is 3. The SMILES string of the molecule is CC(C(=O)N1CCN(CC2CCOCC2)CC1)N1CCc2ccccc2C1. The van der Waals surface area contributed by atoms with E-state index in [0.717, 1.165) is 64.8 Å². The van der Waals surface area contributed by atoms with Crippen molar-refractivity contribution in [2.75, 3.05) is 52.5 Å². The van der Waals surface area contributed by atoms with E-state index in [4.69, 9.17) is 4.74 Å². The number of carbonyl (C=O) groups is 1. The number of fused-ring (bicyclic) bond motifs is 1. The molecule has 1 aromatic carbocycles. The van der Waals surface area contributed by atoms with Gasteiger partial charge in [0, 0.05) is 59.0 Å². The molecule has 3 aliphatic rings. The molecule has 0 N–H and O–H groups in total. The van der Waals surface area contributed by atoms with E-state index in [1.165, 1.54) is 30.5 Å². The smallest absolute Gasteiger partial charge is 0.239 e. The molecule has 27 heavy (non-hydrogen) atoms. The molecule has 1 unspecified atom stereocenters. The van der Waals surface area contributed by atoms with Crippen LogP contribution < -0.4 is 0 Å². The molecule has 0 bridgehead atoms. The lowest BCUT2D eigenvalue weighted by molar-refractivity contribution is -0.138. The van der Waals surface area contributed by atoms with Crippen molar-refractivity contribution in [3.8, 4) is 0 Å². The van der Waals surface area contributed by atoms with Gasteiger partial charge < -0.3 is 9.64 Å². The molecule has 0 radical (unpaired) electrons. The molecule has 0 aromatic heterocycles. The molecule has 4 rings (SSSR count). The van der Waals surface area contributed by atoms with Crippen LogP contribution in [0.2, 0.25) is 0 Å². The highest BCUT2D eigenvalue weighted by Gasteiger charge is 2.30. The van der Waals surface area contributed by atoms with Gasteiger partial charge in [-0.3, -0.25) is 14.6 Å². The lowest BCUT2D eigenvalue weighted by Gasteiger charge is -2.40. The Balaban J connectivity index is 1.26. The molecule has 3 aliphatic heterocycles. The normalized spacial score (nSPS) is 23.8. The highest BCUT2D eigenvalue weighted by Crippen LogP contribution is 2.22. The van der Waals surface area contributed by atoms with Crippen LogP contribution in [0.5, 0.6) is 0 Å². The molecule has 2 fully saturated rings. The molecular formula is C22H33N3O2. The van der Waals surface area contributed by atoms with Gasteiger partial charge in [-0.1, -0.05) is 24.3 Å². The average molecular weight is 372 g/mol. The van der Waals surface area contributed by atoms with Crippen molar-refractivity contribution in [3.05, 3.63) is 35.4 Å². The van der Waals surface area contributed by atoms with Crippen molar-refractivity contribution in [2.45, 2.75) is 38.8 Å². The Kier molecular flexibility index (Phi) is 6.11. The van der Waals surface area contributed by atoms with E-state index in [2.05, 4.69) is 45.9 Å². The molecule has 0 spiro atoms. The molecule has 0 saturated carbocycles. The third-order valence-electron chi connectivity index (χ3n) is 6.61. The zero-order valence-electron chi connectivity index (χ0n) is 16.6. The number of hydrogen-bond acceptors (Lipinski definition) is 4. The van der Waals surface area contributed by atoms with Crippen molar-refractivity contribution >= 4 is 5.91 Å². The van der Waals surface area contributed by atoms with E-state index in [0.29, 0.717) is 5.91 Å². The van der Waals surface area contributed by atoms with Gasteiger partial charge in [-0.25, -0.2) is 0 Å². The summed E-state index contributed by atoms with van der Waals surface area (Å²) in [5, 5.41) is 0. The molecule has 1 aromatic rings. The van der Waals surface area contributed by atoms with Crippen LogP contribution in [0, 0.1) is 5.92 Å². The van der Waals surface area contributed by atoms with Crippen molar-refractivity contribution < 1.29 is 9.53 Å². The first kappa shape index (κ1) is 18.9. The van der Waals surface area contributed by atoms with Gasteiger partial charge in [-0.05, 0) is 43.2 Å². The summed E-state index contributed by atoms with van der Waals surface area (Å²) in [6.45, 7) is 10.7. The molecule has 1 atom stereocenters. The highest BCUT2D eigenvalue weighted by atomic mass is 16.5. The summed E-state index contributed by atoms with van der Waals surface area (Å²) in [5.41, 5.74) is 2.82. The Bertz CT molecular complexity index is 636. The zero-order valence-corrected chi connectivity index (χ0v) is 16.6. The van der Waals surface area contributed by atoms with Gasteiger partial charge in [0.2, 0.25) is 5.91 Å². The Hall–Kier alpha value is -1.43. The largest absolute Gasteiger partial charge is 0.381 e. The van der Waals surface area contributed by atoms with Gasteiger partial charge in [0.25, 0.3) is 0 Å². The standard InChI is InChI=1S/C22H33N3O2/c1-18(25-9-6-20-4-2-3-5-21(20)17-25)22(26)24-12-10-23(11-13-24)16-19-7-14-27-15-8-19/h2-5,18-19H,6-17H2,1H3. The number of piperazine rings is 1. The Labute approximate surface area is 163 Å². The van der Waals surface area contributed by atoms with E-state index >= 15 is 0 Å². The predicted octanol–water partition coefficient (Wildman–Crippen LogP) is 2.00. The first-order valence-electron chi connectivity index (χ1n) is 10.6. The summed E-state index contributed by atoms with van der Waals surface area (Å²) in [7, 11) is 0. The van der Waals surface area contributed by atoms with Crippen molar-refractivity contribution in [3.63, 3.8) is 0 Å². The van der Waals surface area contributed by atoms with Gasteiger partial charge in [0.1, 0.15) is 0 Å². The molecule has 3 heterocycles. The minimum atomic E-state index is -0.0274. The number of benzene rings is 1. The van der Waals surface area contributed by atoms with E-state index < -0.39 is 0 Å². The van der Waals surface area contributed by atoms with Crippen molar-refractivity contribution in [1.82, 2.24) is 14.7 Å². The second-order valence-corrected chi connectivity index (χ2v) is 8.35. The van der Waals surface area contributed by atoms with Gasteiger partial charge >= 0.3 is 0 Å². The fraction of sp³-hybridized carbons (Fsp3) is 0.682. The van der Waals surface area contributed by atoms with Crippen LogP contribution in [-0.2, 0) is 22.5 Å². The number of ether oxygens (including phenoxy) is 1. The first-order chi connectivity index (χ1) is 13.2. The summed E-state index contributed by atoms with van der Waals surface area (Å²) in [6.07, 6.45) is 3.42. The van der Waals surface area contributed by atoms with Crippen LogP contribution in [0.15, 0.2) is 24.3 Å². The van der Waals surface area contributed by atoms with Gasteiger partial charge in [0.15, 0.2) is 0 Å². The van der Waals surface area contributed by atoms with Gasteiger partial charge in [-0.2, -0.15) is 0 Å². The fourth-order valence-electron chi connectivity index (χ4n) is 4.71. The highest BCUT2D eigenvalue weighted by molar-refractivity contribution is 5.81. The summed E-state index contributed by atoms with van der Waals surface area (Å²) in [5.74, 6) is 1.08. The van der Waals surface area contributed by atoms with Crippen LogP contribution in [0.25, 0.3) is 0 Å². The average Bonchev–Trinajstić information content (AvgIpc) is 2.73. The third-order valence-corrected chi connectivity index (χ3v) is 6.61. The summed E-state index contributed by atoms with van der Waals surface area (Å²) < 4.78 is 5.47. The number of rotatable bonds is 4. The molecule has 2 saturated heterocycles. The fourth-order valence-corrected chi connectivity index (χ4v) is 4.71. The van der Waals surface area contributed by atoms with Crippen molar-refractivity contribution in [1.29, 1.82) is 0 Å². The number of hydrogen-bond donors (Lipinski definition) is 0. The monoisotopic (exact) mass is 371 g/mol. The summed E-state index contributed by atoms with van der Waals surface area (Å²) in [4.78, 5) is 20.0. The topological polar surface area (TPSA) is 36.0 Å². The van der Waals surface area contributed by atoms with Crippen LogP contribution in [-0.4, -0.2) is 79.1 Å². The first-order valence-corrected chi connectivity index (χ1v) is 10.6. The van der Waals surface area contributed by atoms with Gasteiger partial charge in [-0.15, -0.1) is 0 Å². The van der Waals surface area contributed by atoms with E-state index in [1.807, 2.05) is 0 Å². The summed E-state index contributed by atoms with van der Waals surface area (Å²) >= 11 is 0. The molecule has 5 nitrogen and oxygen atoms in total. The van der Waals surface area contributed by atoms with Crippen LogP contribution in [0.1, 0.15) is 30.9 Å². The lowest BCUT2D eigenvalue weighted by Crippen LogP contribution is -2.55. The second kappa shape index (κ2) is 8.72. The molecule has 1 amide bonds.